The van der Waals surface area contributed by atoms with Gasteiger partial charge in [0, 0.05) is 49.4 Å². The SMILES string of the molecule is CN(Cc1cc([N+](=O)[O-])ccc1Cl)C(=O)c1cccc(S(=O)(=O)N(C)C2CCCCC2)c1. The fraction of sp³-hybridized carbons (Fsp3) is 0.409. The quantitative estimate of drug-likeness (QED) is 0.430. The van der Waals surface area contributed by atoms with Gasteiger partial charge in [0.15, 0.2) is 0 Å². The van der Waals surface area contributed by atoms with Gasteiger partial charge in [-0.1, -0.05) is 36.9 Å². The van der Waals surface area contributed by atoms with Crippen LogP contribution in [0.3, 0.4) is 0 Å². The number of amides is 1. The minimum Gasteiger partial charge on any atom is -0.337 e. The van der Waals surface area contributed by atoms with E-state index in [1.807, 2.05) is 0 Å². The predicted octanol–water partition coefficient (Wildman–Crippen LogP) is 4.47. The number of non-ortho nitro benzene ring substituents is 1. The molecule has 0 saturated heterocycles. The van der Waals surface area contributed by atoms with Crippen LogP contribution in [0.15, 0.2) is 47.4 Å². The Labute approximate surface area is 193 Å². The second-order valence-corrected chi connectivity index (χ2v) is 10.4. The Balaban J connectivity index is 1.80. The minimum absolute atomic E-state index is 0.0354. The second-order valence-electron chi connectivity index (χ2n) is 8.03. The van der Waals surface area contributed by atoms with E-state index in [0.717, 1.165) is 32.1 Å². The number of nitrogens with zero attached hydrogens (tertiary/aromatic N) is 3. The minimum atomic E-state index is -3.73. The number of halogens is 1. The van der Waals surface area contributed by atoms with E-state index in [-0.39, 0.29) is 28.7 Å². The number of hydrogen-bond donors (Lipinski definition) is 0. The molecular weight excluding hydrogens is 454 g/mol. The van der Waals surface area contributed by atoms with E-state index in [1.54, 1.807) is 19.2 Å². The largest absolute Gasteiger partial charge is 0.337 e. The maximum atomic E-state index is 13.1. The van der Waals surface area contributed by atoms with Gasteiger partial charge in [0.2, 0.25) is 10.0 Å². The smallest absolute Gasteiger partial charge is 0.269 e. The third-order valence-corrected chi connectivity index (χ3v) is 8.12. The highest BCUT2D eigenvalue weighted by molar-refractivity contribution is 7.89. The number of nitro groups is 1. The van der Waals surface area contributed by atoms with Gasteiger partial charge in [-0.25, -0.2) is 8.42 Å². The molecule has 1 amide bonds. The van der Waals surface area contributed by atoms with Crippen LogP contribution < -0.4 is 0 Å². The molecule has 8 nitrogen and oxygen atoms in total. The van der Waals surface area contributed by atoms with E-state index in [4.69, 9.17) is 11.6 Å². The zero-order valence-electron chi connectivity index (χ0n) is 18.0. The summed E-state index contributed by atoms with van der Waals surface area (Å²) in [7, 11) is -0.607. The Morgan fingerprint density at radius 3 is 2.47 bits per heavy atom. The molecule has 0 spiro atoms. The van der Waals surface area contributed by atoms with Gasteiger partial charge < -0.3 is 4.90 Å². The molecule has 0 aromatic heterocycles. The topological polar surface area (TPSA) is 101 Å². The van der Waals surface area contributed by atoms with Crippen molar-refractivity contribution >= 4 is 33.2 Å². The molecule has 32 heavy (non-hydrogen) atoms. The lowest BCUT2D eigenvalue weighted by molar-refractivity contribution is -0.384. The summed E-state index contributed by atoms with van der Waals surface area (Å²) in [5, 5.41) is 11.3. The highest BCUT2D eigenvalue weighted by Crippen LogP contribution is 2.27. The number of hydrogen-bond acceptors (Lipinski definition) is 5. The third kappa shape index (κ3) is 5.28. The van der Waals surface area contributed by atoms with Crippen LogP contribution in [0.2, 0.25) is 5.02 Å². The summed E-state index contributed by atoms with van der Waals surface area (Å²) in [6.45, 7) is 0.0400. The van der Waals surface area contributed by atoms with Crippen molar-refractivity contribution in [1.29, 1.82) is 0 Å². The van der Waals surface area contributed by atoms with Crippen molar-refractivity contribution in [3.8, 4) is 0 Å². The molecule has 3 rings (SSSR count). The van der Waals surface area contributed by atoms with Crippen molar-refractivity contribution in [1.82, 2.24) is 9.21 Å². The fourth-order valence-electron chi connectivity index (χ4n) is 3.94. The Hall–Kier alpha value is -2.49. The number of nitro benzene ring substituents is 1. The predicted molar refractivity (Wildman–Crippen MR) is 122 cm³/mol. The van der Waals surface area contributed by atoms with Crippen molar-refractivity contribution in [3.05, 3.63) is 68.7 Å². The van der Waals surface area contributed by atoms with Crippen LogP contribution in [0.4, 0.5) is 5.69 Å². The van der Waals surface area contributed by atoms with Gasteiger partial charge in [0.05, 0.1) is 9.82 Å². The molecule has 0 heterocycles. The molecule has 0 radical (unpaired) electrons. The maximum Gasteiger partial charge on any atom is 0.269 e. The first-order valence-corrected chi connectivity index (χ1v) is 12.2. The van der Waals surface area contributed by atoms with Crippen molar-refractivity contribution in [2.75, 3.05) is 14.1 Å². The van der Waals surface area contributed by atoms with Gasteiger partial charge in [-0.05, 0) is 42.7 Å². The normalized spacial score (nSPS) is 15.0. The van der Waals surface area contributed by atoms with Crippen LogP contribution in [-0.4, -0.2) is 48.6 Å². The van der Waals surface area contributed by atoms with Crippen molar-refractivity contribution in [2.45, 2.75) is 49.6 Å². The number of benzene rings is 2. The van der Waals surface area contributed by atoms with Gasteiger partial charge >= 0.3 is 0 Å². The molecule has 172 valence electrons. The standard InChI is InChI=1S/C22H26ClN3O5S/c1-24(15-17-13-19(26(28)29)11-12-21(17)23)22(27)16-7-6-10-20(14-16)32(30,31)25(2)18-8-4-3-5-9-18/h6-7,10-14,18H,3-5,8-9,15H2,1-2H3. The zero-order chi connectivity index (χ0) is 23.5. The lowest BCUT2D eigenvalue weighted by Gasteiger charge is -2.30. The first-order chi connectivity index (χ1) is 15.1. The Morgan fingerprint density at radius 1 is 1.12 bits per heavy atom. The van der Waals surface area contributed by atoms with Crippen LogP contribution in [0.1, 0.15) is 48.0 Å². The molecule has 0 aliphatic heterocycles. The fourth-order valence-corrected chi connectivity index (χ4v) is 5.58. The average molecular weight is 480 g/mol. The summed E-state index contributed by atoms with van der Waals surface area (Å²) in [5.74, 6) is -0.412. The van der Waals surface area contributed by atoms with Gasteiger partial charge in [-0.15, -0.1) is 0 Å². The second kappa shape index (κ2) is 9.97. The van der Waals surface area contributed by atoms with Gasteiger partial charge in [0.25, 0.3) is 11.6 Å². The molecule has 1 saturated carbocycles. The molecular formula is C22H26ClN3O5S. The maximum absolute atomic E-state index is 13.1. The summed E-state index contributed by atoms with van der Waals surface area (Å²) < 4.78 is 27.7. The molecule has 0 bridgehead atoms. The van der Waals surface area contributed by atoms with Crippen molar-refractivity contribution in [3.63, 3.8) is 0 Å². The summed E-state index contributed by atoms with van der Waals surface area (Å²) in [4.78, 5) is 24.9. The molecule has 0 atom stereocenters. The van der Waals surface area contributed by atoms with Crippen molar-refractivity contribution < 1.29 is 18.1 Å². The van der Waals surface area contributed by atoms with Crippen LogP contribution in [0, 0.1) is 10.1 Å². The van der Waals surface area contributed by atoms with E-state index in [9.17, 15) is 23.3 Å². The first-order valence-electron chi connectivity index (χ1n) is 10.4. The molecule has 2 aromatic carbocycles. The average Bonchev–Trinajstić information content (AvgIpc) is 2.79. The molecule has 0 N–H and O–H groups in total. The lowest BCUT2D eigenvalue weighted by atomic mass is 9.96. The summed E-state index contributed by atoms with van der Waals surface area (Å²) >= 11 is 6.14. The molecule has 0 unspecified atom stereocenters. The number of rotatable bonds is 7. The van der Waals surface area contributed by atoms with E-state index < -0.39 is 20.9 Å². The van der Waals surface area contributed by atoms with Crippen LogP contribution in [0.5, 0.6) is 0 Å². The van der Waals surface area contributed by atoms with E-state index in [2.05, 4.69) is 0 Å². The Bertz CT molecular complexity index is 1120. The van der Waals surface area contributed by atoms with Crippen LogP contribution in [0.25, 0.3) is 0 Å². The Morgan fingerprint density at radius 2 is 1.81 bits per heavy atom. The Kier molecular flexibility index (Phi) is 7.53. The number of sulfonamides is 1. The van der Waals surface area contributed by atoms with Gasteiger partial charge in [-0.2, -0.15) is 4.31 Å². The zero-order valence-corrected chi connectivity index (χ0v) is 19.6. The molecule has 1 aliphatic carbocycles. The molecule has 10 heteroatoms. The van der Waals surface area contributed by atoms with Crippen LogP contribution in [-0.2, 0) is 16.6 Å². The van der Waals surface area contributed by atoms with E-state index in [1.165, 1.54) is 46.6 Å². The lowest BCUT2D eigenvalue weighted by Crippen LogP contribution is -2.38. The summed E-state index contributed by atoms with van der Waals surface area (Å²) in [6, 6.07) is 9.97. The number of carbonyl (C=O) groups is 1. The summed E-state index contributed by atoms with van der Waals surface area (Å²) in [5.41, 5.74) is 0.522. The molecule has 1 aliphatic rings. The summed E-state index contributed by atoms with van der Waals surface area (Å²) in [6.07, 6.45) is 4.81. The van der Waals surface area contributed by atoms with E-state index >= 15 is 0 Å². The van der Waals surface area contributed by atoms with Crippen LogP contribution >= 0.6 is 11.6 Å². The van der Waals surface area contributed by atoms with Gasteiger partial charge in [-0.3, -0.25) is 14.9 Å². The monoisotopic (exact) mass is 479 g/mol. The van der Waals surface area contributed by atoms with Crippen molar-refractivity contribution in [2.24, 2.45) is 0 Å². The highest BCUT2D eigenvalue weighted by Gasteiger charge is 2.29. The van der Waals surface area contributed by atoms with Gasteiger partial charge in [0.1, 0.15) is 0 Å². The first kappa shape index (κ1) is 24.2. The molecule has 2 aromatic rings. The third-order valence-electron chi connectivity index (χ3n) is 5.84. The van der Waals surface area contributed by atoms with E-state index in [0.29, 0.717) is 10.6 Å². The highest BCUT2D eigenvalue weighted by atomic mass is 35.5. The number of carbonyl (C=O) groups excluding carboxylic acids is 1. The molecule has 1 fully saturated rings.